The van der Waals surface area contributed by atoms with Gasteiger partial charge in [0.1, 0.15) is 0 Å². The lowest BCUT2D eigenvalue weighted by Gasteiger charge is -2.32. The number of aryl methyl sites for hydroxylation is 1. The first-order chi connectivity index (χ1) is 10.7. The lowest BCUT2D eigenvalue weighted by molar-refractivity contribution is 0.305. The molecule has 0 saturated heterocycles. The van der Waals surface area contributed by atoms with E-state index in [2.05, 4.69) is 49.4 Å². The minimum Gasteiger partial charge on any atom is -0.243 e. The summed E-state index contributed by atoms with van der Waals surface area (Å²) in [6, 6.07) is 7.85. The fourth-order valence-electron chi connectivity index (χ4n) is 3.43. The van der Waals surface area contributed by atoms with E-state index in [1.807, 2.05) is 11.9 Å². The van der Waals surface area contributed by atoms with Crippen LogP contribution in [0.5, 0.6) is 0 Å². The number of benzene rings is 1. The fraction of sp³-hybridized carbons (Fsp3) is 0.600. The van der Waals surface area contributed by atoms with Crippen molar-refractivity contribution in [2.75, 3.05) is 6.54 Å². The lowest BCUT2D eigenvalue weighted by Crippen LogP contribution is -2.31. The molecule has 120 valence electrons. The Morgan fingerprint density at radius 2 is 2.18 bits per heavy atom. The maximum Gasteiger partial charge on any atom is 0.0262 e. The number of nitrogens with zero attached hydrogens (tertiary/aromatic N) is 1. The zero-order valence-corrected chi connectivity index (χ0v) is 15.1. The lowest BCUT2D eigenvalue weighted by atomic mass is 9.97. The Kier molecular flexibility index (Phi) is 5.30. The second-order valence-electron chi connectivity index (χ2n) is 7.04. The van der Waals surface area contributed by atoms with Crippen molar-refractivity contribution in [3.8, 4) is 0 Å². The van der Waals surface area contributed by atoms with E-state index >= 15 is 0 Å². The van der Waals surface area contributed by atoms with Gasteiger partial charge in [0.05, 0.1) is 0 Å². The standard InChI is InChI=1S/C20H29NS/c1-4-16(3)21-14-15(2)9-10-19-13-18(11-12-20(19)22-21)17-7-5-6-8-17/h7,11-13,15-16H,4-6,8-10,14H2,1-3H3. The molecule has 0 radical (unpaired) electrons. The van der Waals surface area contributed by atoms with Gasteiger partial charge in [-0.25, -0.2) is 4.31 Å². The van der Waals surface area contributed by atoms with Crippen molar-refractivity contribution < 1.29 is 0 Å². The molecule has 1 aliphatic carbocycles. The van der Waals surface area contributed by atoms with Crippen LogP contribution in [0.2, 0.25) is 0 Å². The first kappa shape index (κ1) is 16.1. The third-order valence-corrected chi connectivity index (χ3v) is 6.51. The maximum absolute atomic E-state index is 2.61. The summed E-state index contributed by atoms with van der Waals surface area (Å²) >= 11 is 1.99. The molecule has 0 spiro atoms. The van der Waals surface area contributed by atoms with Gasteiger partial charge in [0.25, 0.3) is 0 Å². The van der Waals surface area contributed by atoms with E-state index in [4.69, 9.17) is 0 Å². The molecule has 2 aliphatic rings. The van der Waals surface area contributed by atoms with Crippen molar-refractivity contribution in [2.45, 2.75) is 70.2 Å². The smallest absolute Gasteiger partial charge is 0.0262 e. The van der Waals surface area contributed by atoms with E-state index in [-0.39, 0.29) is 0 Å². The molecule has 2 unspecified atom stereocenters. The highest BCUT2D eigenvalue weighted by molar-refractivity contribution is 7.97. The van der Waals surface area contributed by atoms with Crippen molar-refractivity contribution >= 4 is 17.5 Å². The molecule has 3 rings (SSSR count). The molecule has 0 saturated carbocycles. The topological polar surface area (TPSA) is 3.24 Å². The van der Waals surface area contributed by atoms with E-state index < -0.39 is 0 Å². The molecule has 1 aliphatic heterocycles. The Hall–Kier alpha value is -0.730. The third-order valence-electron chi connectivity index (χ3n) is 5.17. The first-order valence-electron chi connectivity index (χ1n) is 8.94. The molecule has 1 aromatic carbocycles. The molecule has 0 bridgehead atoms. The Balaban J connectivity index is 1.87. The average molecular weight is 316 g/mol. The van der Waals surface area contributed by atoms with Gasteiger partial charge in [0.15, 0.2) is 0 Å². The van der Waals surface area contributed by atoms with Gasteiger partial charge in [0, 0.05) is 17.5 Å². The molecule has 1 nitrogen and oxygen atoms in total. The van der Waals surface area contributed by atoms with Gasteiger partial charge in [0.2, 0.25) is 0 Å². The van der Waals surface area contributed by atoms with Crippen LogP contribution in [0.3, 0.4) is 0 Å². The molecule has 2 heteroatoms. The quantitative estimate of drug-likeness (QED) is 0.635. The molecular formula is C20H29NS. The van der Waals surface area contributed by atoms with Crippen LogP contribution in [-0.2, 0) is 6.42 Å². The van der Waals surface area contributed by atoms with Crippen molar-refractivity contribution in [3.05, 3.63) is 35.4 Å². The molecule has 1 aromatic rings. The zero-order valence-electron chi connectivity index (χ0n) is 14.3. The van der Waals surface area contributed by atoms with E-state index in [1.165, 1.54) is 55.5 Å². The predicted octanol–water partition coefficient (Wildman–Crippen LogP) is 5.94. The van der Waals surface area contributed by atoms with Crippen LogP contribution in [0, 0.1) is 5.92 Å². The van der Waals surface area contributed by atoms with Crippen LogP contribution in [0.25, 0.3) is 5.57 Å². The molecule has 0 N–H and O–H groups in total. The summed E-state index contributed by atoms with van der Waals surface area (Å²) in [6.07, 6.45) is 10.1. The monoisotopic (exact) mass is 315 g/mol. The Labute approximate surface area is 140 Å². The van der Waals surface area contributed by atoms with E-state index in [0.717, 1.165) is 5.92 Å². The highest BCUT2D eigenvalue weighted by Crippen LogP contribution is 2.36. The van der Waals surface area contributed by atoms with Crippen LogP contribution >= 0.6 is 11.9 Å². The van der Waals surface area contributed by atoms with Crippen LogP contribution < -0.4 is 0 Å². The van der Waals surface area contributed by atoms with Gasteiger partial charge >= 0.3 is 0 Å². The van der Waals surface area contributed by atoms with Crippen molar-refractivity contribution in [3.63, 3.8) is 0 Å². The fourth-order valence-corrected chi connectivity index (χ4v) is 4.75. The maximum atomic E-state index is 2.61. The van der Waals surface area contributed by atoms with Gasteiger partial charge in [-0.15, -0.1) is 0 Å². The van der Waals surface area contributed by atoms with Crippen LogP contribution in [0.1, 0.15) is 64.0 Å². The number of hydrogen-bond acceptors (Lipinski definition) is 2. The van der Waals surface area contributed by atoms with Gasteiger partial charge in [-0.05, 0) is 86.1 Å². The molecule has 22 heavy (non-hydrogen) atoms. The molecule has 2 atom stereocenters. The zero-order chi connectivity index (χ0) is 15.5. The van der Waals surface area contributed by atoms with Gasteiger partial charge in [-0.1, -0.05) is 32.1 Å². The Morgan fingerprint density at radius 3 is 2.91 bits per heavy atom. The molecule has 0 fully saturated rings. The minimum absolute atomic E-state index is 0.649. The first-order valence-corrected chi connectivity index (χ1v) is 9.71. The minimum atomic E-state index is 0.649. The number of hydrogen-bond donors (Lipinski definition) is 0. The summed E-state index contributed by atoms with van der Waals surface area (Å²) in [5.74, 6) is 0.781. The van der Waals surface area contributed by atoms with Crippen LogP contribution in [0.4, 0.5) is 0 Å². The van der Waals surface area contributed by atoms with Crippen molar-refractivity contribution in [1.82, 2.24) is 4.31 Å². The summed E-state index contributed by atoms with van der Waals surface area (Å²) in [6.45, 7) is 8.28. The molecule has 1 heterocycles. The largest absolute Gasteiger partial charge is 0.243 e. The molecule has 0 amide bonds. The Morgan fingerprint density at radius 1 is 1.32 bits per heavy atom. The van der Waals surface area contributed by atoms with E-state index in [0.29, 0.717) is 6.04 Å². The highest BCUT2D eigenvalue weighted by Gasteiger charge is 2.22. The second kappa shape index (κ2) is 7.23. The number of rotatable bonds is 3. The van der Waals surface area contributed by atoms with E-state index in [9.17, 15) is 0 Å². The van der Waals surface area contributed by atoms with Gasteiger partial charge < -0.3 is 0 Å². The summed E-state index contributed by atoms with van der Waals surface area (Å²) in [4.78, 5) is 1.48. The molecular weight excluding hydrogens is 286 g/mol. The predicted molar refractivity (Wildman–Crippen MR) is 98.1 cm³/mol. The highest BCUT2D eigenvalue weighted by atomic mass is 32.2. The van der Waals surface area contributed by atoms with Gasteiger partial charge in [-0.3, -0.25) is 0 Å². The summed E-state index contributed by atoms with van der Waals surface area (Å²) < 4.78 is 2.61. The summed E-state index contributed by atoms with van der Waals surface area (Å²) in [5.41, 5.74) is 4.61. The summed E-state index contributed by atoms with van der Waals surface area (Å²) in [5, 5.41) is 0. The van der Waals surface area contributed by atoms with Crippen molar-refractivity contribution in [2.24, 2.45) is 5.92 Å². The van der Waals surface area contributed by atoms with Crippen LogP contribution in [-0.4, -0.2) is 16.9 Å². The van der Waals surface area contributed by atoms with Crippen molar-refractivity contribution in [1.29, 1.82) is 0 Å². The average Bonchev–Trinajstić information content (AvgIpc) is 3.04. The SMILES string of the molecule is CCC(C)N1CC(C)CCc2cc(C3=CCCC3)ccc2S1. The van der Waals surface area contributed by atoms with Gasteiger partial charge in [-0.2, -0.15) is 0 Å². The molecule has 0 aromatic heterocycles. The Bertz CT molecular complexity index is 549. The third kappa shape index (κ3) is 3.60. The van der Waals surface area contributed by atoms with Crippen LogP contribution in [0.15, 0.2) is 29.2 Å². The number of allylic oxidation sites excluding steroid dienone is 2. The second-order valence-corrected chi connectivity index (χ2v) is 8.13. The normalized spacial score (nSPS) is 24.3. The summed E-state index contributed by atoms with van der Waals surface area (Å²) in [7, 11) is 0. The van der Waals surface area contributed by atoms with E-state index in [1.54, 1.807) is 11.1 Å². The number of fused-ring (bicyclic) bond motifs is 1.